The summed E-state index contributed by atoms with van der Waals surface area (Å²) >= 11 is 0. The number of hydrogen-bond acceptors (Lipinski definition) is 5. The molecule has 0 radical (unpaired) electrons. The molecule has 1 aromatic rings. The van der Waals surface area contributed by atoms with Gasteiger partial charge in [0.05, 0.1) is 4.92 Å². The molecule has 0 aromatic heterocycles. The third-order valence-corrected chi connectivity index (χ3v) is 5.48. The number of hydrogen-bond donors (Lipinski definition) is 0. The number of nitro groups is 1. The molecule has 2 aliphatic rings. The van der Waals surface area contributed by atoms with Crippen LogP contribution in [0.3, 0.4) is 0 Å². The van der Waals surface area contributed by atoms with Crippen LogP contribution in [0.4, 0.5) is 5.69 Å². The quantitative estimate of drug-likeness (QED) is 0.588. The number of amides is 1. The van der Waals surface area contributed by atoms with Crippen molar-refractivity contribution in [3.63, 3.8) is 0 Å². The highest BCUT2D eigenvalue weighted by atomic mass is 16.6. The number of nitrogens with zero attached hydrogens (tertiary/aromatic N) is 3. The molecule has 1 saturated carbocycles. The summed E-state index contributed by atoms with van der Waals surface area (Å²) < 4.78 is 6.20. The molecule has 0 atom stereocenters. The molecule has 1 aromatic carbocycles. The van der Waals surface area contributed by atoms with E-state index >= 15 is 0 Å². The van der Waals surface area contributed by atoms with Gasteiger partial charge in [-0.25, -0.2) is 0 Å². The Balaban J connectivity index is 1.82. The normalized spacial score (nSPS) is 25.8. The lowest BCUT2D eigenvalue weighted by molar-refractivity contribution is -0.384. The molecule has 1 spiro atoms. The molecule has 1 aliphatic heterocycles. The Morgan fingerprint density at radius 1 is 1.27 bits per heavy atom. The molecular formula is C19H25N3O4. The third kappa shape index (κ3) is 3.30. The maximum absolute atomic E-state index is 12.2. The first-order chi connectivity index (χ1) is 12.1. The summed E-state index contributed by atoms with van der Waals surface area (Å²) in [7, 11) is 0. The molecule has 0 bridgehead atoms. The van der Waals surface area contributed by atoms with Crippen molar-refractivity contribution in [2.75, 3.05) is 0 Å². The monoisotopic (exact) mass is 359 g/mol. The Morgan fingerprint density at radius 2 is 1.85 bits per heavy atom. The molecule has 0 saturated heterocycles. The van der Waals surface area contributed by atoms with Gasteiger partial charge in [0.25, 0.3) is 5.69 Å². The standard InChI is InChI=1S/C19H25N3O4/c1-13(23)21-19(11-9-15(10-12-19)18(2,3)4)26-17(20-21)14-5-7-16(8-6-14)22(24)25/h5-8,15H,9-12H2,1-4H3. The highest BCUT2D eigenvalue weighted by Gasteiger charge is 2.50. The van der Waals surface area contributed by atoms with Gasteiger partial charge >= 0.3 is 0 Å². The van der Waals surface area contributed by atoms with E-state index in [1.54, 1.807) is 12.1 Å². The van der Waals surface area contributed by atoms with Crippen molar-refractivity contribution in [2.45, 2.75) is 59.1 Å². The lowest BCUT2D eigenvalue weighted by atomic mass is 9.70. The van der Waals surface area contributed by atoms with E-state index in [1.165, 1.54) is 24.1 Å². The number of ether oxygens (including phenoxy) is 1. The molecule has 7 heteroatoms. The van der Waals surface area contributed by atoms with Gasteiger partial charge in [0.2, 0.25) is 17.5 Å². The summed E-state index contributed by atoms with van der Waals surface area (Å²) in [5, 5.41) is 16.7. The first-order valence-electron chi connectivity index (χ1n) is 8.96. The Morgan fingerprint density at radius 3 is 2.31 bits per heavy atom. The SMILES string of the molecule is CC(=O)N1N=C(c2ccc([N+](=O)[O-])cc2)OC12CCC(C(C)(C)C)CC2. The van der Waals surface area contributed by atoms with E-state index < -0.39 is 10.6 Å². The summed E-state index contributed by atoms with van der Waals surface area (Å²) in [5.41, 5.74) is 0.140. The van der Waals surface area contributed by atoms with Crippen molar-refractivity contribution >= 4 is 17.5 Å². The van der Waals surface area contributed by atoms with E-state index in [0.717, 1.165) is 25.7 Å². The fourth-order valence-corrected chi connectivity index (χ4v) is 3.87. The van der Waals surface area contributed by atoms with Crippen LogP contribution in [0.1, 0.15) is 58.9 Å². The second-order valence-corrected chi connectivity index (χ2v) is 8.23. The number of nitro benzene ring substituents is 1. The number of carbonyl (C=O) groups excluding carboxylic acids is 1. The second kappa shape index (κ2) is 6.37. The Kier molecular flexibility index (Phi) is 4.50. The van der Waals surface area contributed by atoms with Crippen molar-refractivity contribution in [2.24, 2.45) is 16.4 Å². The molecule has 26 heavy (non-hydrogen) atoms. The molecule has 1 heterocycles. The van der Waals surface area contributed by atoms with E-state index in [9.17, 15) is 14.9 Å². The van der Waals surface area contributed by atoms with Crippen LogP contribution in [0.5, 0.6) is 0 Å². The van der Waals surface area contributed by atoms with Gasteiger partial charge in [0.1, 0.15) is 0 Å². The van der Waals surface area contributed by atoms with Gasteiger partial charge in [0, 0.05) is 37.5 Å². The first-order valence-corrected chi connectivity index (χ1v) is 8.96. The zero-order valence-corrected chi connectivity index (χ0v) is 15.7. The second-order valence-electron chi connectivity index (χ2n) is 8.23. The van der Waals surface area contributed by atoms with E-state index in [1.807, 2.05) is 0 Å². The van der Waals surface area contributed by atoms with Crippen molar-refractivity contribution in [1.29, 1.82) is 0 Å². The van der Waals surface area contributed by atoms with Gasteiger partial charge in [-0.3, -0.25) is 14.9 Å². The topological polar surface area (TPSA) is 85.0 Å². The molecule has 0 unspecified atom stereocenters. The minimum Gasteiger partial charge on any atom is -0.447 e. The van der Waals surface area contributed by atoms with Crippen molar-refractivity contribution in [3.05, 3.63) is 39.9 Å². The minimum absolute atomic E-state index is 0.0103. The Hall–Kier alpha value is -2.44. The molecular weight excluding hydrogens is 334 g/mol. The average molecular weight is 359 g/mol. The van der Waals surface area contributed by atoms with E-state index in [4.69, 9.17) is 4.74 Å². The zero-order valence-electron chi connectivity index (χ0n) is 15.7. The number of non-ortho nitro benzene ring substituents is 1. The van der Waals surface area contributed by atoms with Crippen LogP contribution in [-0.4, -0.2) is 27.5 Å². The Labute approximate surface area is 153 Å². The largest absolute Gasteiger partial charge is 0.447 e. The van der Waals surface area contributed by atoms with Crippen molar-refractivity contribution in [1.82, 2.24) is 5.01 Å². The van der Waals surface area contributed by atoms with Gasteiger partial charge < -0.3 is 4.74 Å². The number of carbonyl (C=O) groups is 1. The van der Waals surface area contributed by atoms with Crippen LogP contribution in [0, 0.1) is 21.4 Å². The van der Waals surface area contributed by atoms with Crippen LogP contribution < -0.4 is 0 Å². The number of hydrazone groups is 1. The Bertz CT molecular complexity index is 741. The van der Waals surface area contributed by atoms with Crippen LogP contribution in [0.15, 0.2) is 29.4 Å². The van der Waals surface area contributed by atoms with Gasteiger partial charge in [0.15, 0.2) is 0 Å². The minimum atomic E-state index is -0.731. The van der Waals surface area contributed by atoms with Crippen molar-refractivity contribution < 1.29 is 14.5 Å². The summed E-state index contributed by atoms with van der Waals surface area (Å²) in [6.07, 6.45) is 3.40. The molecule has 140 valence electrons. The highest BCUT2D eigenvalue weighted by molar-refractivity contribution is 5.96. The molecule has 0 N–H and O–H groups in total. The predicted molar refractivity (Wildman–Crippen MR) is 97.4 cm³/mol. The number of benzene rings is 1. The third-order valence-electron chi connectivity index (χ3n) is 5.48. The molecule has 7 nitrogen and oxygen atoms in total. The zero-order chi connectivity index (χ0) is 19.1. The molecule has 1 fully saturated rings. The molecule has 1 aliphatic carbocycles. The summed E-state index contributed by atoms with van der Waals surface area (Å²) in [6, 6.07) is 6.05. The maximum atomic E-state index is 12.2. The number of rotatable bonds is 2. The summed E-state index contributed by atoms with van der Waals surface area (Å²) in [5.74, 6) is 0.773. The van der Waals surface area contributed by atoms with Crippen molar-refractivity contribution in [3.8, 4) is 0 Å². The van der Waals surface area contributed by atoms with Gasteiger partial charge in [-0.15, -0.1) is 5.10 Å². The molecule has 1 amide bonds. The summed E-state index contributed by atoms with van der Waals surface area (Å²) in [6.45, 7) is 8.22. The van der Waals surface area contributed by atoms with Gasteiger partial charge in [-0.1, -0.05) is 20.8 Å². The van der Waals surface area contributed by atoms with Gasteiger partial charge in [-0.05, 0) is 36.3 Å². The maximum Gasteiger partial charge on any atom is 0.269 e. The fraction of sp³-hybridized carbons (Fsp3) is 0.579. The van der Waals surface area contributed by atoms with E-state index in [0.29, 0.717) is 17.4 Å². The predicted octanol–water partition coefficient (Wildman–Crippen LogP) is 4.07. The van der Waals surface area contributed by atoms with Crippen LogP contribution in [0.25, 0.3) is 0 Å². The van der Waals surface area contributed by atoms with Crippen LogP contribution in [-0.2, 0) is 9.53 Å². The van der Waals surface area contributed by atoms with Crippen LogP contribution in [0.2, 0.25) is 0 Å². The van der Waals surface area contributed by atoms with E-state index in [2.05, 4.69) is 25.9 Å². The van der Waals surface area contributed by atoms with Gasteiger partial charge in [-0.2, -0.15) is 5.01 Å². The lowest BCUT2D eigenvalue weighted by Crippen LogP contribution is -2.50. The smallest absolute Gasteiger partial charge is 0.269 e. The highest BCUT2D eigenvalue weighted by Crippen LogP contribution is 2.46. The van der Waals surface area contributed by atoms with E-state index in [-0.39, 0.29) is 17.0 Å². The van der Waals surface area contributed by atoms with Crippen LogP contribution >= 0.6 is 0 Å². The average Bonchev–Trinajstić information content (AvgIpc) is 2.94. The summed E-state index contributed by atoms with van der Waals surface area (Å²) in [4.78, 5) is 22.5. The lowest BCUT2D eigenvalue weighted by Gasteiger charge is -2.43. The molecule has 3 rings (SSSR count). The fourth-order valence-electron chi connectivity index (χ4n) is 3.87. The first kappa shape index (κ1) is 18.4.